The molecule has 0 saturated carbocycles. The Hall–Kier alpha value is -2.13. The maximum Gasteiger partial charge on any atom is 0.454 e. The van der Waals surface area contributed by atoms with Crippen molar-refractivity contribution < 1.29 is 40.3 Å². The first-order valence-corrected chi connectivity index (χ1v) is 6.01. The van der Waals surface area contributed by atoms with Crippen LogP contribution >= 0.6 is 0 Å². The summed E-state index contributed by atoms with van der Waals surface area (Å²) >= 11 is 0. The largest absolute Gasteiger partial charge is 0.454 e. The van der Waals surface area contributed by atoms with Crippen molar-refractivity contribution in [2.24, 2.45) is 0 Å². The molecule has 10 heteroatoms. The molecule has 0 aliphatic carbocycles. The van der Waals surface area contributed by atoms with Crippen LogP contribution in [0.1, 0.15) is 22.8 Å². The fourth-order valence-electron chi connectivity index (χ4n) is 1.66. The number of nitrogens with one attached hydrogen (secondary N) is 1. The maximum absolute atomic E-state index is 14.3. The Labute approximate surface area is 125 Å². The van der Waals surface area contributed by atoms with Crippen molar-refractivity contribution >= 4 is 11.7 Å². The standard InChI is InChI=1S/C13H10F7NO2/c1-7(22)21-6-11(14,13(18,19)20)9-4-2-8(3-5-9)10(23)12(15,16)17/h2-5H,6H2,1H3,(H,21,22)/t11-/m1/s1. The normalized spacial score (nSPS) is 15.0. The highest BCUT2D eigenvalue weighted by Gasteiger charge is 2.57. The van der Waals surface area contributed by atoms with E-state index in [1.54, 1.807) is 5.32 Å². The van der Waals surface area contributed by atoms with Crippen LogP contribution in [0.5, 0.6) is 0 Å². The zero-order chi connectivity index (χ0) is 18.1. The predicted molar refractivity (Wildman–Crippen MR) is 64.4 cm³/mol. The van der Waals surface area contributed by atoms with Crippen molar-refractivity contribution in [3.05, 3.63) is 35.4 Å². The zero-order valence-electron chi connectivity index (χ0n) is 11.5. The van der Waals surface area contributed by atoms with E-state index in [1.165, 1.54) is 0 Å². The van der Waals surface area contributed by atoms with Gasteiger partial charge in [0.25, 0.3) is 5.78 Å². The first-order valence-electron chi connectivity index (χ1n) is 6.01. The molecule has 0 aliphatic rings. The number of alkyl halides is 7. The third kappa shape index (κ3) is 4.20. The number of carbonyl (C=O) groups is 2. The molecular formula is C13H10F7NO2. The van der Waals surface area contributed by atoms with Crippen molar-refractivity contribution in [3.63, 3.8) is 0 Å². The monoisotopic (exact) mass is 345 g/mol. The molecule has 1 aromatic carbocycles. The van der Waals surface area contributed by atoms with Gasteiger partial charge in [0, 0.05) is 18.1 Å². The molecule has 0 fully saturated rings. The van der Waals surface area contributed by atoms with Gasteiger partial charge in [-0.3, -0.25) is 9.59 Å². The molecule has 0 radical (unpaired) electrons. The molecule has 0 aliphatic heterocycles. The topological polar surface area (TPSA) is 46.2 Å². The van der Waals surface area contributed by atoms with Crippen molar-refractivity contribution in [2.75, 3.05) is 6.54 Å². The summed E-state index contributed by atoms with van der Waals surface area (Å²) in [6, 6.07) is 1.74. The van der Waals surface area contributed by atoms with Crippen molar-refractivity contribution in [1.82, 2.24) is 5.32 Å². The van der Waals surface area contributed by atoms with Crippen LogP contribution < -0.4 is 5.32 Å². The molecule has 0 unspecified atom stereocenters. The van der Waals surface area contributed by atoms with E-state index in [1.807, 2.05) is 0 Å². The third-order valence-corrected chi connectivity index (χ3v) is 2.89. The summed E-state index contributed by atoms with van der Waals surface area (Å²) in [5.41, 5.74) is -5.96. The van der Waals surface area contributed by atoms with E-state index in [4.69, 9.17) is 0 Å². The van der Waals surface area contributed by atoms with E-state index in [2.05, 4.69) is 0 Å². The van der Waals surface area contributed by atoms with Gasteiger partial charge in [-0.2, -0.15) is 26.3 Å². The van der Waals surface area contributed by atoms with Crippen LogP contribution in [0.4, 0.5) is 30.7 Å². The highest BCUT2D eigenvalue weighted by molar-refractivity contribution is 6.00. The number of carbonyl (C=O) groups excluding carboxylic acids is 2. The van der Waals surface area contributed by atoms with Crippen molar-refractivity contribution in [1.29, 1.82) is 0 Å². The van der Waals surface area contributed by atoms with Gasteiger partial charge in [0.1, 0.15) is 0 Å². The van der Waals surface area contributed by atoms with Crippen LogP contribution in [0, 0.1) is 0 Å². The first kappa shape index (κ1) is 18.9. The van der Waals surface area contributed by atoms with Crippen molar-refractivity contribution in [3.8, 4) is 0 Å². The summed E-state index contributed by atoms with van der Waals surface area (Å²) in [6.07, 6.45) is -10.6. The van der Waals surface area contributed by atoms with E-state index in [9.17, 15) is 40.3 Å². The number of hydrogen-bond acceptors (Lipinski definition) is 2. The number of halogens is 7. The van der Waals surface area contributed by atoms with Crippen molar-refractivity contribution in [2.45, 2.75) is 24.9 Å². The SMILES string of the molecule is CC(=O)NC[C@@](F)(c1ccc(C(=O)C(F)(F)F)cc1)C(F)(F)F. The van der Waals surface area contributed by atoms with Crippen LogP contribution in [0.25, 0.3) is 0 Å². The van der Waals surface area contributed by atoms with E-state index in [-0.39, 0.29) is 0 Å². The Morgan fingerprint density at radius 2 is 1.43 bits per heavy atom. The second kappa shape index (κ2) is 6.17. The molecule has 3 nitrogen and oxygen atoms in total. The molecule has 1 rings (SSSR count). The zero-order valence-corrected chi connectivity index (χ0v) is 11.5. The number of rotatable bonds is 4. The molecule has 23 heavy (non-hydrogen) atoms. The molecule has 0 saturated heterocycles. The Balaban J connectivity index is 3.19. The van der Waals surface area contributed by atoms with Gasteiger partial charge in [0.05, 0.1) is 6.54 Å². The Morgan fingerprint density at radius 1 is 0.957 bits per heavy atom. The van der Waals surface area contributed by atoms with Gasteiger partial charge < -0.3 is 5.32 Å². The fourth-order valence-corrected chi connectivity index (χ4v) is 1.66. The van der Waals surface area contributed by atoms with Crippen LogP contribution in [0.15, 0.2) is 24.3 Å². The van der Waals surface area contributed by atoms with Crippen LogP contribution in [-0.4, -0.2) is 30.6 Å². The molecule has 1 amide bonds. The maximum atomic E-state index is 14.3. The molecule has 128 valence electrons. The minimum atomic E-state index is -5.43. The summed E-state index contributed by atoms with van der Waals surface area (Å²) < 4.78 is 89.7. The lowest BCUT2D eigenvalue weighted by Crippen LogP contribution is -2.47. The van der Waals surface area contributed by atoms with Gasteiger partial charge in [0.2, 0.25) is 11.6 Å². The minimum absolute atomic E-state index is 0.425. The summed E-state index contributed by atoms with van der Waals surface area (Å²) in [7, 11) is 0. The summed E-state index contributed by atoms with van der Waals surface area (Å²) in [4.78, 5) is 21.6. The fraction of sp³-hybridized carbons (Fsp3) is 0.385. The first-order chi connectivity index (χ1) is 10.3. The van der Waals surface area contributed by atoms with Crippen LogP contribution in [0.3, 0.4) is 0 Å². The number of ketones is 1. The third-order valence-electron chi connectivity index (χ3n) is 2.89. The van der Waals surface area contributed by atoms with Gasteiger partial charge in [-0.25, -0.2) is 4.39 Å². The minimum Gasteiger partial charge on any atom is -0.352 e. The summed E-state index contributed by atoms with van der Waals surface area (Å²) in [5.74, 6) is -3.18. The van der Waals surface area contributed by atoms with Gasteiger partial charge >= 0.3 is 12.4 Å². The number of hydrogen-bond donors (Lipinski definition) is 1. The molecule has 0 bridgehead atoms. The van der Waals surface area contributed by atoms with Gasteiger partial charge in [-0.05, 0) is 0 Å². The molecule has 0 heterocycles. The van der Waals surface area contributed by atoms with Gasteiger partial charge in [-0.15, -0.1) is 0 Å². The number of amides is 1. The Morgan fingerprint density at radius 3 is 1.78 bits per heavy atom. The molecular weight excluding hydrogens is 335 g/mol. The lowest BCUT2D eigenvalue weighted by molar-refractivity contribution is -0.233. The summed E-state index contributed by atoms with van der Waals surface area (Å²) in [6.45, 7) is -0.569. The lowest BCUT2D eigenvalue weighted by Gasteiger charge is -2.28. The van der Waals surface area contributed by atoms with Crippen LogP contribution in [0.2, 0.25) is 0 Å². The van der Waals surface area contributed by atoms with E-state index >= 15 is 0 Å². The quantitative estimate of drug-likeness (QED) is 0.672. The second-order valence-corrected chi connectivity index (χ2v) is 4.61. The average Bonchev–Trinajstić information content (AvgIpc) is 2.41. The molecule has 1 atom stereocenters. The molecule has 0 spiro atoms. The molecule has 1 aromatic rings. The number of Topliss-reactive ketones (excluding diaryl/α,β-unsaturated/α-hetero) is 1. The smallest absolute Gasteiger partial charge is 0.352 e. The lowest BCUT2D eigenvalue weighted by atomic mass is 9.93. The Bertz CT molecular complexity index is 592. The highest BCUT2D eigenvalue weighted by atomic mass is 19.4. The summed E-state index contributed by atoms with van der Waals surface area (Å²) in [5, 5.41) is 1.67. The Kier molecular flexibility index (Phi) is 5.07. The second-order valence-electron chi connectivity index (χ2n) is 4.61. The van der Waals surface area contributed by atoms with Gasteiger partial charge in [0.15, 0.2) is 0 Å². The van der Waals surface area contributed by atoms with E-state index < -0.39 is 47.4 Å². The average molecular weight is 345 g/mol. The predicted octanol–water partition coefficient (Wildman–Crippen LogP) is 3.29. The highest BCUT2D eigenvalue weighted by Crippen LogP contribution is 2.42. The van der Waals surface area contributed by atoms with Crippen LogP contribution in [-0.2, 0) is 10.5 Å². The van der Waals surface area contributed by atoms with E-state index in [0.717, 1.165) is 6.92 Å². The molecule has 1 N–H and O–H groups in total. The van der Waals surface area contributed by atoms with E-state index in [0.29, 0.717) is 24.3 Å². The van der Waals surface area contributed by atoms with Gasteiger partial charge in [-0.1, -0.05) is 24.3 Å². The molecule has 0 aromatic heterocycles. The number of benzene rings is 1.